The van der Waals surface area contributed by atoms with E-state index in [2.05, 4.69) is 18.8 Å². The van der Waals surface area contributed by atoms with Crippen LogP contribution in [-0.4, -0.2) is 9.91 Å². The first-order chi connectivity index (χ1) is 9.90. The fourth-order valence-electron chi connectivity index (χ4n) is 2.38. The van der Waals surface area contributed by atoms with E-state index >= 15 is 0 Å². The lowest BCUT2D eigenvalue weighted by Crippen LogP contribution is -1.92. The molecule has 0 aliphatic heterocycles. The van der Waals surface area contributed by atoms with Crippen molar-refractivity contribution < 1.29 is 9.34 Å². The number of fused-ring (bicyclic) bond motifs is 1. The maximum absolute atomic E-state index is 10.8. The molecule has 2 heterocycles. The molecule has 0 aliphatic rings. The van der Waals surface area contributed by atoms with Crippen LogP contribution in [0.2, 0.25) is 0 Å². The van der Waals surface area contributed by atoms with E-state index in [1.165, 1.54) is 17.2 Å². The maximum atomic E-state index is 10.8. The molecule has 0 fully saturated rings. The highest BCUT2D eigenvalue weighted by molar-refractivity contribution is 7.18. The molecule has 108 valence electrons. The van der Waals surface area contributed by atoms with E-state index < -0.39 is 4.92 Å². The summed E-state index contributed by atoms with van der Waals surface area (Å²) in [6.07, 6.45) is 0. The third-order valence-corrected chi connectivity index (χ3v) is 5.02. The molecule has 0 saturated carbocycles. The van der Waals surface area contributed by atoms with E-state index in [0.29, 0.717) is 10.8 Å². The molecular formula is C15H14N2O3S. The highest BCUT2D eigenvalue weighted by Crippen LogP contribution is 2.36. The molecule has 2 aromatic heterocycles. The van der Waals surface area contributed by atoms with Crippen molar-refractivity contribution in [2.24, 2.45) is 0 Å². The van der Waals surface area contributed by atoms with Gasteiger partial charge in [0.2, 0.25) is 5.89 Å². The average Bonchev–Trinajstić information content (AvgIpc) is 3.08. The van der Waals surface area contributed by atoms with Gasteiger partial charge >= 0.3 is 5.00 Å². The fourth-order valence-corrected chi connectivity index (χ4v) is 3.13. The number of aromatic nitrogens is 1. The maximum Gasteiger partial charge on any atom is 0.324 e. The minimum Gasteiger partial charge on any atom is -0.435 e. The number of nitro groups is 1. The standard InChI is InChI=1S/C15H14N2O3S/c1-7-8(2)10(4)14-13(9(7)3)16-15(20-14)11-5-6-12(21-11)17(18)19/h5-6H,1-4H3. The Kier molecular flexibility index (Phi) is 3.06. The van der Waals surface area contributed by atoms with Gasteiger partial charge in [0.05, 0.1) is 9.80 Å². The van der Waals surface area contributed by atoms with E-state index in [1.807, 2.05) is 13.8 Å². The first-order valence-corrected chi connectivity index (χ1v) is 7.33. The Morgan fingerprint density at radius 2 is 1.76 bits per heavy atom. The minimum atomic E-state index is -0.401. The van der Waals surface area contributed by atoms with Crippen LogP contribution in [0.15, 0.2) is 16.5 Å². The summed E-state index contributed by atoms with van der Waals surface area (Å²) in [5.41, 5.74) is 6.16. The first kappa shape index (κ1) is 13.8. The van der Waals surface area contributed by atoms with Crippen molar-refractivity contribution in [1.82, 2.24) is 4.98 Å². The number of hydrogen-bond donors (Lipinski definition) is 0. The van der Waals surface area contributed by atoms with Gasteiger partial charge in [0.15, 0.2) is 5.58 Å². The van der Waals surface area contributed by atoms with Gasteiger partial charge in [0.25, 0.3) is 0 Å². The van der Waals surface area contributed by atoms with E-state index in [0.717, 1.165) is 33.6 Å². The predicted molar refractivity (Wildman–Crippen MR) is 82.9 cm³/mol. The molecule has 0 amide bonds. The molecule has 3 rings (SSSR count). The largest absolute Gasteiger partial charge is 0.435 e. The lowest BCUT2D eigenvalue weighted by atomic mass is 9.98. The summed E-state index contributed by atoms with van der Waals surface area (Å²) in [4.78, 5) is 15.6. The van der Waals surface area contributed by atoms with Crippen LogP contribution in [0, 0.1) is 37.8 Å². The Hall–Kier alpha value is -2.21. The van der Waals surface area contributed by atoms with Crippen molar-refractivity contribution in [2.45, 2.75) is 27.7 Å². The topological polar surface area (TPSA) is 69.2 Å². The monoisotopic (exact) mass is 302 g/mol. The lowest BCUT2D eigenvalue weighted by Gasteiger charge is -2.07. The van der Waals surface area contributed by atoms with Crippen LogP contribution in [0.5, 0.6) is 0 Å². The number of rotatable bonds is 2. The van der Waals surface area contributed by atoms with Crippen molar-refractivity contribution >= 4 is 27.4 Å². The van der Waals surface area contributed by atoms with Gasteiger partial charge in [-0.1, -0.05) is 11.3 Å². The van der Waals surface area contributed by atoms with Crippen LogP contribution in [0.25, 0.3) is 21.9 Å². The Morgan fingerprint density at radius 3 is 2.38 bits per heavy atom. The predicted octanol–water partition coefficient (Wildman–Crippen LogP) is 4.70. The number of thiophene rings is 1. The van der Waals surface area contributed by atoms with Gasteiger partial charge in [-0.2, -0.15) is 0 Å². The number of benzene rings is 1. The second kappa shape index (κ2) is 4.66. The highest BCUT2D eigenvalue weighted by atomic mass is 32.1. The van der Waals surface area contributed by atoms with Crippen LogP contribution in [0.1, 0.15) is 22.3 Å². The Balaban J connectivity index is 2.23. The van der Waals surface area contributed by atoms with Crippen molar-refractivity contribution in [3.8, 4) is 10.8 Å². The van der Waals surface area contributed by atoms with Gasteiger partial charge in [-0.05, 0) is 56.0 Å². The summed E-state index contributed by atoms with van der Waals surface area (Å²) < 4.78 is 5.87. The smallest absolute Gasteiger partial charge is 0.324 e. The summed E-state index contributed by atoms with van der Waals surface area (Å²) in [6.45, 7) is 8.17. The normalized spacial score (nSPS) is 11.2. The van der Waals surface area contributed by atoms with Crippen LogP contribution in [0.3, 0.4) is 0 Å². The molecule has 0 radical (unpaired) electrons. The SMILES string of the molecule is Cc1c(C)c(C)c2oc(-c3ccc([N+](=O)[O-])s3)nc2c1C. The summed E-state index contributed by atoms with van der Waals surface area (Å²) in [5.74, 6) is 0.444. The van der Waals surface area contributed by atoms with Gasteiger partial charge < -0.3 is 4.42 Å². The zero-order valence-electron chi connectivity index (χ0n) is 12.2. The molecule has 0 unspecified atom stereocenters. The molecule has 5 nitrogen and oxygen atoms in total. The zero-order valence-corrected chi connectivity index (χ0v) is 13.0. The molecule has 1 aromatic carbocycles. The van der Waals surface area contributed by atoms with Crippen molar-refractivity contribution in [2.75, 3.05) is 0 Å². The molecule has 0 saturated heterocycles. The second-order valence-electron chi connectivity index (χ2n) is 5.09. The van der Waals surface area contributed by atoms with E-state index in [9.17, 15) is 10.1 Å². The summed E-state index contributed by atoms with van der Waals surface area (Å²) in [6, 6.07) is 3.16. The molecule has 3 aromatic rings. The number of nitrogens with zero attached hydrogens (tertiary/aromatic N) is 2. The average molecular weight is 302 g/mol. The summed E-state index contributed by atoms with van der Waals surface area (Å²) in [5, 5.41) is 10.9. The van der Waals surface area contributed by atoms with Gasteiger partial charge in [-0.25, -0.2) is 4.98 Å². The minimum absolute atomic E-state index is 0.0908. The number of aryl methyl sites for hydroxylation is 2. The molecule has 6 heteroatoms. The molecule has 0 bridgehead atoms. The highest BCUT2D eigenvalue weighted by Gasteiger charge is 2.19. The molecule has 21 heavy (non-hydrogen) atoms. The zero-order chi connectivity index (χ0) is 15.3. The second-order valence-corrected chi connectivity index (χ2v) is 6.15. The Bertz CT molecular complexity index is 832. The molecule has 0 N–H and O–H groups in total. The van der Waals surface area contributed by atoms with Crippen LogP contribution in [-0.2, 0) is 0 Å². The molecule has 0 atom stereocenters. The quantitative estimate of drug-likeness (QED) is 0.508. The Morgan fingerprint density at radius 1 is 1.10 bits per heavy atom. The van der Waals surface area contributed by atoms with E-state index in [-0.39, 0.29) is 5.00 Å². The van der Waals surface area contributed by atoms with Crippen LogP contribution < -0.4 is 0 Å². The third kappa shape index (κ3) is 2.03. The van der Waals surface area contributed by atoms with Gasteiger partial charge in [-0.15, -0.1) is 0 Å². The molecule has 0 aliphatic carbocycles. The van der Waals surface area contributed by atoms with Crippen LogP contribution >= 0.6 is 11.3 Å². The lowest BCUT2D eigenvalue weighted by molar-refractivity contribution is -0.380. The molecular weight excluding hydrogens is 288 g/mol. The van der Waals surface area contributed by atoms with Crippen molar-refractivity contribution in [3.63, 3.8) is 0 Å². The van der Waals surface area contributed by atoms with E-state index in [1.54, 1.807) is 6.07 Å². The van der Waals surface area contributed by atoms with Gasteiger partial charge in [0.1, 0.15) is 5.52 Å². The number of oxazole rings is 1. The van der Waals surface area contributed by atoms with Crippen molar-refractivity contribution in [3.05, 3.63) is 44.5 Å². The summed E-state index contributed by atoms with van der Waals surface area (Å²) in [7, 11) is 0. The van der Waals surface area contributed by atoms with Gasteiger partial charge in [0, 0.05) is 6.07 Å². The van der Waals surface area contributed by atoms with E-state index in [4.69, 9.17) is 4.42 Å². The fraction of sp³-hybridized carbons (Fsp3) is 0.267. The number of hydrogen-bond acceptors (Lipinski definition) is 5. The van der Waals surface area contributed by atoms with Crippen molar-refractivity contribution in [1.29, 1.82) is 0 Å². The third-order valence-electron chi connectivity index (χ3n) is 3.99. The van der Waals surface area contributed by atoms with Crippen LogP contribution in [0.4, 0.5) is 5.00 Å². The van der Waals surface area contributed by atoms with Gasteiger partial charge in [-0.3, -0.25) is 10.1 Å². The Labute approximate surface area is 125 Å². The summed E-state index contributed by atoms with van der Waals surface area (Å²) >= 11 is 1.07. The first-order valence-electron chi connectivity index (χ1n) is 6.51. The molecule has 0 spiro atoms.